The van der Waals surface area contributed by atoms with Crippen molar-refractivity contribution in [1.82, 2.24) is 0 Å². The standard InChI is InChI=1S/C20H8F12O8/c21-17(22,23)5-1-4(12(33)34)2-6(18(24,25)26)9(5)10-7(19(27,28)29)3-8(13(35)36)16(14(37)38,15(39)40)11(10)20(30,31)32/h1-3,11H,(H,33,34)(H,35,36)(H,37,38)(H,39,40). The highest BCUT2D eigenvalue weighted by atomic mass is 19.4. The van der Waals surface area contributed by atoms with Gasteiger partial charge >= 0.3 is 48.6 Å². The van der Waals surface area contributed by atoms with Gasteiger partial charge in [-0.25, -0.2) is 9.59 Å². The minimum Gasteiger partial charge on any atom is -0.480 e. The molecule has 0 saturated carbocycles. The molecule has 0 bridgehead atoms. The molecule has 0 fully saturated rings. The lowest BCUT2D eigenvalue weighted by atomic mass is 9.60. The molecule has 1 atom stereocenters. The van der Waals surface area contributed by atoms with Gasteiger partial charge in [0, 0.05) is 5.56 Å². The second kappa shape index (κ2) is 9.44. The van der Waals surface area contributed by atoms with Crippen LogP contribution in [0.15, 0.2) is 29.4 Å². The lowest BCUT2D eigenvalue weighted by Crippen LogP contribution is -2.56. The Labute approximate surface area is 210 Å². The van der Waals surface area contributed by atoms with E-state index in [4.69, 9.17) is 5.11 Å². The van der Waals surface area contributed by atoms with Gasteiger partial charge in [-0.2, -0.15) is 52.7 Å². The number of rotatable bonds is 5. The first-order valence-corrected chi connectivity index (χ1v) is 9.58. The van der Waals surface area contributed by atoms with E-state index in [0.29, 0.717) is 0 Å². The van der Waals surface area contributed by atoms with E-state index in [2.05, 4.69) is 0 Å². The van der Waals surface area contributed by atoms with Gasteiger partial charge in [-0.3, -0.25) is 9.59 Å². The number of hydrogen-bond donors (Lipinski definition) is 4. The molecule has 1 aromatic carbocycles. The van der Waals surface area contributed by atoms with Crippen molar-refractivity contribution in [3.63, 3.8) is 0 Å². The van der Waals surface area contributed by atoms with Crippen molar-refractivity contribution < 1.29 is 92.3 Å². The molecular weight excluding hydrogens is 596 g/mol. The predicted octanol–water partition coefficient (Wildman–Crippen LogP) is 5.10. The summed E-state index contributed by atoms with van der Waals surface area (Å²) in [4.78, 5) is 46.6. The third kappa shape index (κ3) is 5.16. The minimum atomic E-state index is -6.80. The lowest BCUT2D eigenvalue weighted by Gasteiger charge is -2.41. The average molecular weight is 604 g/mol. The molecule has 0 spiro atoms. The van der Waals surface area contributed by atoms with Gasteiger partial charge in [-0.15, -0.1) is 0 Å². The normalized spacial score (nSPS) is 18.3. The summed E-state index contributed by atoms with van der Waals surface area (Å²) in [5.41, 5.74) is -25.7. The van der Waals surface area contributed by atoms with Gasteiger partial charge in [0.25, 0.3) is 0 Å². The zero-order valence-corrected chi connectivity index (χ0v) is 18.3. The molecular formula is C20H8F12O8. The van der Waals surface area contributed by atoms with Gasteiger partial charge in [0.05, 0.1) is 27.8 Å². The number of benzene rings is 1. The first-order valence-electron chi connectivity index (χ1n) is 9.58. The summed E-state index contributed by atoms with van der Waals surface area (Å²) in [5.74, 6) is -17.5. The molecule has 0 aliphatic heterocycles. The van der Waals surface area contributed by atoms with Crippen LogP contribution in [-0.4, -0.2) is 56.7 Å². The first kappa shape index (κ1) is 32.0. The number of carbonyl (C=O) groups is 4. The van der Waals surface area contributed by atoms with Crippen LogP contribution in [0.3, 0.4) is 0 Å². The molecule has 20 heteroatoms. The highest BCUT2D eigenvalue weighted by molar-refractivity contribution is 6.14. The molecule has 0 radical (unpaired) electrons. The summed E-state index contributed by atoms with van der Waals surface area (Å²) < 4.78 is 168. The molecule has 0 aromatic heterocycles. The monoisotopic (exact) mass is 604 g/mol. The van der Waals surface area contributed by atoms with Crippen molar-refractivity contribution in [2.75, 3.05) is 0 Å². The number of allylic oxidation sites excluding steroid dienone is 3. The third-order valence-corrected chi connectivity index (χ3v) is 5.53. The van der Waals surface area contributed by atoms with E-state index in [1.807, 2.05) is 0 Å². The van der Waals surface area contributed by atoms with Crippen LogP contribution in [0.5, 0.6) is 0 Å². The fourth-order valence-electron chi connectivity index (χ4n) is 4.09. The summed E-state index contributed by atoms with van der Waals surface area (Å²) >= 11 is 0. The Hall–Kier alpha value is -4.26. The number of hydrogen-bond acceptors (Lipinski definition) is 4. The van der Waals surface area contributed by atoms with E-state index in [1.54, 1.807) is 0 Å². The van der Waals surface area contributed by atoms with Crippen molar-refractivity contribution >= 4 is 29.5 Å². The summed E-state index contributed by atoms with van der Waals surface area (Å²) in [6.45, 7) is 0. The Balaban J connectivity index is 3.57. The Morgan fingerprint density at radius 3 is 1.30 bits per heavy atom. The molecule has 40 heavy (non-hydrogen) atoms. The predicted molar refractivity (Wildman–Crippen MR) is 99.3 cm³/mol. The van der Waals surface area contributed by atoms with Gasteiger partial charge in [-0.05, 0) is 23.8 Å². The third-order valence-electron chi connectivity index (χ3n) is 5.53. The van der Waals surface area contributed by atoms with Gasteiger partial charge < -0.3 is 20.4 Å². The van der Waals surface area contributed by atoms with Crippen LogP contribution in [0, 0.1) is 11.3 Å². The maximum Gasteiger partial charge on any atom is 0.417 e. The van der Waals surface area contributed by atoms with Crippen molar-refractivity contribution in [1.29, 1.82) is 0 Å². The molecule has 4 N–H and O–H groups in total. The summed E-state index contributed by atoms with van der Waals surface area (Å²) in [5, 5.41) is 37.0. The van der Waals surface area contributed by atoms with Crippen LogP contribution in [0.4, 0.5) is 52.7 Å². The molecule has 220 valence electrons. The van der Waals surface area contributed by atoms with Crippen LogP contribution in [-0.2, 0) is 26.7 Å². The van der Waals surface area contributed by atoms with Crippen molar-refractivity contribution in [2.45, 2.75) is 24.7 Å². The van der Waals surface area contributed by atoms with Crippen molar-refractivity contribution in [3.8, 4) is 0 Å². The number of alkyl halides is 12. The van der Waals surface area contributed by atoms with E-state index < -0.39 is 117 Å². The van der Waals surface area contributed by atoms with E-state index in [-0.39, 0.29) is 0 Å². The fraction of sp³-hybridized carbons (Fsp3) is 0.300. The average Bonchev–Trinajstić information content (AvgIpc) is 2.73. The minimum absolute atomic E-state index is 0.791. The maximum atomic E-state index is 14.4. The number of halogens is 12. The van der Waals surface area contributed by atoms with Gasteiger partial charge in [0.15, 0.2) is 0 Å². The molecule has 0 amide bonds. The summed E-state index contributed by atoms with van der Waals surface area (Å²) in [6, 6.07) is -1.58. The van der Waals surface area contributed by atoms with E-state index in [0.717, 1.165) is 0 Å². The van der Waals surface area contributed by atoms with Crippen LogP contribution in [0.2, 0.25) is 0 Å². The Morgan fingerprint density at radius 1 is 0.650 bits per heavy atom. The Bertz CT molecular complexity index is 1310. The van der Waals surface area contributed by atoms with E-state index in [9.17, 15) is 87.2 Å². The summed E-state index contributed by atoms with van der Waals surface area (Å²) in [7, 11) is 0. The molecule has 2 rings (SSSR count). The topological polar surface area (TPSA) is 149 Å². The molecule has 1 aliphatic carbocycles. The molecule has 1 aliphatic rings. The number of carboxylic acid groups (broad SMARTS) is 4. The molecule has 1 unspecified atom stereocenters. The SMILES string of the molecule is O=C(O)C1=CC(C(F)(F)F)=C(c2c(C(F)(F)F)cc(C(=O)O)cc2C(F)(F)F)C(C(F)(F)F)C1(C(=O)O)C(=O)O. The van der Waals surface area contributed by atoms with Crippen LogP contribution < -0.4 is 0 Å². The van der Waals surface area contributed by atoms with E-state index in [1.165, 1.54) is 0 Å². The van der Waals surface area contributed by atoms with Crippen LogP contribution in [0.1, 0.15) is 27.0 Å². The number of aliphatic carboxylic acids is 3. The smallest absolute Gasteiger partial charge is 0.417 e. The number of aromatic carboxylic acids is 1. The van der Waals surface area contributed by atoms with Crippen LogP contribution >= 0.6 is 0 Å². The van der Waals surface area contributed by atoms with Crippen molar-refractivity contribution in [3.05, 3.63) is 51.6 Å². The fourth-order valence-corrected chi connectivity index (χ4v) is 4.09. The van der Waals surface area contributed by atoms with Crippen molar-refractivity contribution in [2.24, 2.45) is 11.3 Å². The molecule has 0 heterocycles. The Kier molecular flexibility index (Phi) is 7.54. The second-order valence-corrected chi connectivity index (χ2v) is 7.83. The number of carboxylic acids is 4. The summed E-state index contributed by atoms with van der Waals surface area (Å²) in [6.07, 6.45) is -27.2. The van der Waals surface area contributed by atoms with Gasteiger partial charge in [-0.1, -0.05) is 0 Å². The maximum absolute atomic E-state index is 14.4. The molecule has 0 saturated heterocycles. The highest BCUT2D eigenvalue weighted by Gasteiger charge is 2.71. The zero-order valence-electron chi connectivity index (χ0n) is 18.3. The Morgan fingerprint density at radius 2 is 1.05 bits per heavy atom. The lowest BCUT2D eigenvalue weighted by molar-refractivity contribution is -0.205. The second-order valence-electron chi connectivity index (χ2n) is 7.83. The molecule has 8 nitrogen and oxygen atoms in total. The first-order chi connectivity index (χ1) is 17.7. The highest BCUT2D eigenvalue weighted by Crippen LogP contribution is 2.60. The zero-order chi connectivity index (χ0) is 31.5. The van der Waals surface area contributed by atoms with Gasteiger partial charge in [0.2, 0.25) is 5.41 Å². The quantitative estimate of drug-likeness (QED) is 0.268. The van der Waals surface area contributed by atoms with Crippen LogP contribution in [0.25, 0.3) is 5.57 Å². The largest absolute Gasteiger partial charge is 0.480 e. The van der Waals surface area contributed by atoms with E-state index >= 15 is 0 Å². The molecule has 1 aromatic rings. The van der Waals surface area contributed by atoms with Gasteiger partial charge in [0.1, 0.15) is 5.92 Å².